The van der Waals surface area contributed by atoms with Gasteiger partial charge < -0.3 is 4.42 Å². The summed E-state index contributed by atoms with van der Waals surface area (Å²) in [5, 5.41) is 0.954. The van der Waals surface area contributed by atoms with Crippen molar-refractivity contribution in [1.82, 2.24) is 0 Å². The molecule has 27 heavy (non-hydrogen) atoms. The maximum atomic E-state index is 11.2. The molecule has 0 saturated carbocycles. The molecule has 0 amide bonds. The Morgan fingerprint density at radius 2 is 1.52 bits per heavy atom. The molecule has 0 atom stereocenters. The van der Waals surface area contributed by atoms with Crippen molar-refractivity contribution >= 4 is 47.1 Å². The fraction of sp³-hybridized carbons (Fsp3) is 0.529. The highest BCUT2D eigenvalue weighted by Crippen LogP contribution is 2.36. The predicted octanol–water partition coefficient (Wildman–Crippen LogP) is 3.63. The summed E-state index contributed by atoms with van der Waals surface area (Å²) in [6.45, 7) is 3.85. The van der Waals surface area contributed by atoms with Crippen LogP contribution in [0.5, 0.6) is 0 Å². The second-order valence-corrected chi connectivity index (χ2v) is 10.6. The third-order valence-corrected chi connectivity index (χ3v) is 6.03. The van der Waals surface area contributed by atoms with Crippen molar-refractivity contribution in [2.75, 3.05) is 25.7 Å². The molecule has 1 heterocycles. The van der Waals surface area contributed by atoms with Gasteiger partial charge in [0.15, 0.2) is 0 Å². The Morgan fingerprint density at radius 1 is 1.00 bits per heavy atom. The molecule has 1 aromatic heterocycles. The summed E-state index contributed by atoms with van der Waals surface area (Å²) >= 11 is 3.52. The zero-order chi connectivity index (χ0) is 20.4. The fourth-order valence-electron chi connectivity index (χ4n) is 2.81. The lowest BCUT2D eigenvalue weighted by Crippen LogP contribution is -2.12. The zero-order valence-electron chi connectivity index (χ0n) is 15.6. The molecule has 2 aromatic rings. The van der Waals surface area contributed by atoms with Crippen LogP contribution in [-0.4, -0.2) is 42.6 Å². The van der Waals surface area contributed by atoms with Crippen LogP contribution in [0.3, 0.4) is 0 Å². The van der Waals surface area contributed by atoms with Gasteiger partial charge in [-0.3, -0.25) is 8.37 Å². The average molecular weight is 483 g/mol. The summed E-state index contributed by atoms with van der Waals surface area (Å²) < 4.78 is 61.2. The van der Waals surface area contributed by atoms with Crippen LogP contribution in [-0.2, 0) is 28.6 Å². The van der Waals surface area contributed by atoms with Crippen molar-refractivity contribution in [2.24, 2.45) is 0 Å². The first kappa shape index (κ1) is 22.4. The van der Waals surface area contributed by atoms with Crippen LogP contribution in [0.25, 0.3) is 11.0 Å². The van der Waals surface area contributed by atoms with Crippen LogP contribution >= 0.6 is 15.9 Å². The second kappa shape index (κ2) is 8.60. The van der Waals surface area contributed by atoms with E-state index in [4.69, 9.17) is 12.8 Å². The quantitative estimate of drug-likeness (QED) is 0.502. The summed E-state index contributed by atoms with van der Waals surface area (Å²) in [6.07, 6.45) is 2.78. The van der Waals surface area contributed by atoms with Gasteiger partial charge in [0.2, 0.25) is 0 Å². The highest BCUT2D eigenvalue weighted by molar-refractivity contribution is 9.10. The van der Waals surface area contributed by atoms with E-state index in [1.54, 1.807) is 0 Å². The molecular formula is C17H23BrO7S2. The van der Waals surface area contributed by atoms with E-state index in [2.05, 4.69) is 15.9 Å². The van der Waals surface area contributed by atoms with E-state index >= 15 is 0 Å². The van der Waals surface area contributed by atoms with Crippen molar-refractivity contribution in [2.45, 2.75) is 32.6 Å². The van der Waals surface area contributed by atoms with Crippen molar-refractivity contribution in [3.8, 4) is 0 Å². The molecule has 10 heteroatoms. The molecule has 0 saturated heterocycles. The molecule has 0 bridgehead atoms. The number of halogens is 1. The minimum Gasteiger partial charge on any atom is -0.460 e. The Morgan fingerprint density at radius 3 is 2.00 bits per heavy atom. The van der Waals surface area contributed by atoms with E-state index in [0.717, 1.165) is 44.8 Å². The molecule has 0 spiro atoms. The molecule has 7 nitrogen and oxygen atoms in total. The van der Waals surface area contributed by atoms with Gasteiger partial charge in [-0.15, -0.1) is 0 Å². The summed E-state index contributed by atoms with van der Waals surface area (Å²) in [7, 11) is -7.09. The molecule has 1 aromatic carbocycles. The van der Waals surface area contributed by atoms with Crippen molar-refractivity contribution in [3.05, 3.63) is 33.5 Å². The summed E-state index contributed by atoms with van der Waals surface area (Å²) in [4.78, 5) is 0. The third-order valence-electron chi connectivity index (χ3n) is 4.25. The van der Waals surface area contributed by atoms with Crippen LogP contribution in [0.1, 0.15) is 35.6 Å². The Labute approximate surface area is 168 Å². The van der Waals surface area contributed by atoms with E-state index in [1.165, 1.54) is 0 Å². The van der Waals surface area contributed by atoms with Gasteiger partial charge in [-0.25, -0.2) is 0 Å². The molecular weight excluding hydrogens is 460 g/mol. The normalized spacial score (nSPS) is 13.0. The van der Waals surface area contributed by atoms with E-state index in [0.29, 0.717) is 12.8 Å². The molecule has 2 rings (SSSR count). The second-order valence-electron chi connectivity index (χ2n) is 6.49. The van der Waals surface area contributed by atoms with Crippen molar-refractivity contribution in [1.29, 1.82) is 0 Å². The first-order valence-electron chi connectivity index (χ1n) is 8.25. The lowest BCUT2D eigenvalue weighted by Gasteiger charge is -2.18. The smallest absolute Gasteiger partial charge is 0.264 e. The molecule has 0 N–H and O–H groups in total. The zero-order valence-corrected chi connectivity index (χ0v) is 18.8. The first-order valence-corrected chi connectivity index (χ1v) is 12.7. The minimum atomic E-state index is -3.54. The van der Waals surface area contributed by atoms with Crippen molar-refractivity contribution in [3.63, 3.8) is 0 Å². The van der Waals surface area contributed by atoms with E-state index in [1.807, 2.05) is 26.0 Å². The summed E-state index contributed by atoms with van der Waals surface area (Å²) in [6, 6.07) is 3.88. The minimum absolute atomic E-state index is 0.00142. The molecule has 0 aliphatic heterocycles. The Hall–Kier alpha value is -0.940. The van der Waals surface area contributed by atoms with E-state index < -0.39 is 20.2 Å². The number of fused-ring (bicyclic) bond motifs is 1. The molecule has 0 aliphatic rings. The number of benzene rings is 1. The monoisotopic (exact) mass is 482 g/mol. The highest BCUT2D eigenvalue weighted by atomic mass is 79.9. The van der Waals surface area contributed by atoms with Gasteiger partial charge in [-0.2, -0.15) is 16.8 Å². The Bertz CT molecular complexity index is 985. The molecule has 0 fully saturated rings. The van der Waals surface area contributed by atoms with Gasteiger partial charge in [0, 0.05) is 5.39 Å². The van der Waals surface area contributed by atoms with Crippen LogP contribution < -0.4 is 0 Å². The number of furan rings is 1. The van der Waals surface area contributed by atoms with E-state index in [9.17, 15) is 16.8 Å². The van der Waals surface area contributed by atoms with Gasteiger partial charge in [0.05, 0.1) is 30.2 Å². The number of hydrogen-bond acceptors (Lipinski definition) is 7. The molecule has 0 unspecified atom stereocenters. The molecule has 0 radical (unpaired) electrons. The highest BCUT2D eigenvalue weighted by Gasteiger charge is 2.19. The Balaban J connectivity index is 2.30. The standard InChI is InChI=1S/C17H23BrO7S2/c1-11-12(2)25-17-15(11)9-14(10-16(17)18)13(5-7-23-26(3,19)20)6-8-24-27(4,21)22/h9-10,13H,5-8H2,1-4H3. The number of aryl methyl sites for hydroxylation is 2. The van der Waals surface area contributed by atoms with E-state index in [-0.39, 0.29) is 19.1 Å². The summed E-state index contributed by atoms with van der Waals surface area (Å²) in [5.41, 5.74) is 2.69. The van der Waals surface area contributed by atoms with Crippen molar-refractivity contribution < 1.29 is 29.6 Å². The van der Waals surface area contributed by atoms with Crippen LogP contribution in [0.2, 0.25) is 0 Å². The first-order chi connectivity index (χ1) is 12.4. The summed E-state index contributed by atoms with van der Waals surface area (Å²) in [5.74, 6) is 0.670. The van der Waals surface area contributed by atoms with Gasteiger partial charge >= 0.3 is 0 Å². The largest absolute Gasteiger partial charge is 0.460 e. The van der Waals surface area contributed by atoms with Gasteiger partial charge in [-0.1, -0.05) is 0 Å². The maximum Gasteiger partial charge on any atom is 0.264 e. The average Bonchev–Trinajstić information content (AvgIpc) is 2.80. The van der Waals surface area contributed by atoms with Gasteiger partial charge in [0.25, 0.3) is 20.2 Å². The maximum absolute atomic E-state index is 11.2. The van der Waals surface area contributed by atoms with Gasteiger partial charge in [-0.05, 0) is 71.8 Å². The van der Waals surface area contributed by atoms with Crippen LogP contribution in [0, 0.1) is 13.8 Å². The van der Waals surface area contributed by atoms with Gasteiger partial charge in [0.1, 0.15) is 11.3 Å². The van der Waals surface area contributed by atoms with Crippen LogP contribution in [0.15, 0.2) is 21.0 Å². The molecule has 152 valence electrons. The Kier molecular flexibility index (Phi) is 7.12. The number of hydrogen-bond donors (Lipinski definition) is 0. The fourth-order valence-corrected chi connectivity index (χ4v) is 4.17. The number of rotatable bonds is 9. The predicted molar refractivity (Wildman–Crippen MR) is 107 cm³/mol. The SMILES string of the molecule is Cc1oc2c(Br)cc(C(CCOS(C)(=O)=O)CCOS(C)(=O)=O)cc2c1C. The lowest BCUT2D eigenvalue weighted by atomic mass is 9.92. The topological polar surface area (TPSA) is 99.9 Å². The molecule has 0 aliphatic carbocycles. The third kappa shape index (κ3) is 6.56. The van der Waals surface area contributed by atoms with Crippen LogP contribution in [0.4, 0.5) is 0 Å². The lowest BCUT2D eigenvalue weighted by molar-refractivity contribution is 0.271.